The Kier molecular flexibility index (Phi) is 4.48. The van der Waals surface area contributed by atoms with E-state index in [4.69, 9.17) is 34.8 Å². The average molecular weight is 335 g/mol. The molecule has 1 aromatic heterocycles. The molecule has 2 aromatic rings. The molecule has 0 bridgehead atoms. The molecule has 20 heavy (non-hydrogen) atoms. The summed E-state index contributed by atoms with van der Waals surface area (Å²) in [5, 5.41) is 0.751. The van der Waals surface area contributed by atoms with Crippen molar-refractivity contribution in [1.82, 2.24) is 4.98 Å². The Bertz CT molecular complexity index is 668. The molecule has 2 rings (SSSR count). The van der Waals surface area contributed by atoms with Crippen LogP contribution in [0.15, 0.2) is 24.3 Å². The van der Waals surface area contributed by atoms with Crippen molar-refractivity contribution in [3.8, 4) is 11.3 Å². The van der Waals surface area contributed by atoms with Gasteiger partial charge in [-0.2, -0.15) is 4.39 Å². The highest BCUT2D eigenvalue weighted by atomic mass is 35.5. The van der Waals surface area contributed by atoms with Crippen LogP contribution in [0.1, 0.15) is 10.4 Å². The van der Waals surface area contributed by atoms with Gasteiger partial charge in [-0.1, -0.05) is 34.8 Å². The van der Waals surface area contributed by atoms with Crippen LogP contribution in [0.25, 0.3) is 11.3 Å². The fourth-order valence-corrected chi connectivity index (χ4v) is 2.66. The number of carbonyl (C=O) groups excluding carboxylic acids is 1. The van der Waals surface area contributed by atoms with E-state index in [1.54, 1.807) is 0 Å². The minimum Gasteiger partial charge on any atom is -0.465 e. The Labute approximate surface area is 129 Å². The number of nitrogens with zero attached hydrogens (tertiary/aromatic N) is 1. The van der Waals surface area contributed by atoms with E-state index in [1.165, 1.54) is 25.3 Å². The molecule has 1 heterocycles. The molecule has 0 aliphatic heterocycles. The van der Waals surface area contributed by atoms with Gasteiger partial charge in [0.15, 0.2) is 0 Å². The first kappa shape index (κ1) is 15.0. The van der Waals surface area contributed by atoms with E-state index in [1.807, 2.05) is 0 Å². The lowest BCUT2D eigenvalue weighted by atomic mass is 10.1. The van der Waals surface area contributed by atoms with Crippen LogP contribution in [0.5, 0.6) is 0 Å². The number of esters is 1. The summed E-state index contributed by atoms with van der Waals surface area (Å²) < 4.78 is 18.1. The van der Waals surface area contributed by atoms with Crippen molar-refractivity contribution in [1.29, 1.82) is 0 Å². The average Bonchev–Trinajstić information content (AvgIpc) is 2.35. The number of halogens is 4. The molecule has 0 saturated heterocycles. The monoisotopic (exact) mass is 333 g/mol. The van der Waals surface area contributed by atoms with Crippen molar-refractivity contribution in [3.63, 3.8) is 0 Å². The van der Waals surface area contributed by atoms with E-state index in [0.717, 1.165) is 6.07 Å². The molecular weight excluding hydrogens is 328 g/mol. The number of hydrogen-bond acceptors (Lipinski definition) is 3. The first-order chi connectivity index (χ1) is 9.42. The van der Waals surface area contributed by atoms with E-state index in [0.29, 0.717) is 10.6 Å². The van der Waals surface area contributed by atoms with E-state index in [-0.39, 0.29) is 21.3 Å². The van der Waals surface area contributed by atoms with Gasteiger partial charge in [0.1, 0.15) is 0 Å². The lowest BCUT2D eigenvalue weighted by Crippen LogP contribution is -2.04. The van der Waals surface area contributed by atoms with E-state index in [9.17, 15) is 9.18 Å². The first-order valence-corrected chi connectivity index (χ1v) is 6.46. The van der Waals surface area contributed by atoms with Gasteiger partial charge >= 0.3 is 5.97 Å². The summed E-state index contributed by atoms with van der Waals surface area (Å²) in [5.74, 6) is -1.53. The number of hydrogen-bond donors (Lipinski definition) is 0. The van der Waals surface area contributed by atoms with Gasteiger partial charge in [-0.3, -0.25) is 0 Å². The molecule has 0 radical (unpaired) electrons. The zero-order valence-corrected chi connectivity index (χ0v) is 12.4. The minimum absolute atomic E-state index is 0.0112. The number of methoxy groups -OCH3 is 1. The van der Waals surface area contributed by atoms with Crippen molar-refractivity contribution in [2.75, 3.05) is 7.11 Å². The second-order valence-corrected chi connectivity index (χ2v) is 5.05. The zero-order chi connectivity index (χ0) is 14.9. The number of pyridine rings is 1. The molecule has 0 atom stereocenters. The number of ether oxygens (including phenoxy) is 1. The third kappa shape index (κ3) is 3.03. The number of aromatic nitrogens is 1. The standard InChI is InChI=1S/C13H7Cl3FNO2/c1-20-13(19)6-2-10(18-11(17)3-6)12-8(15)4-7(14)5-9(12)16/h2-5H,1H3. The molecular formula is C13H7Cl3FNO2. The SMILES string of the molecule is COC(=O)c1cc(F)nc(-c2c(Cl)cc(Cl)cc2Cl)c1. The molecule has 7 heteroatoms. The summed E-state index contributed by atoms with van der Waals surface area (Å²) >= 11 is 17.9. The van der Waals surface area contributed by atoms with Crippen molar-refractivity contribution < 1.29 is 13.9 Å². The van der Waals surface area contributed by atoms with Gasteiger partial charge in [0.05, 0.1) is 28.4 Å². The quantitative estimate of drug-likeness (QED) is 0.593. The Balaban J connectivity index is 2.64. The van der Waals surface area contributed by atoms with Crippen LogP contribution in [0.3, 0.4) is 0 Å². The lowest BCUT2D eigenvalue weighted by molar-refractivity contribution is 0.0600. The van der Waals surface area contributed by atoms with Crippen molar-refractivity contribution >= 4 is 40.8 Å². The van der Waals surface area contributed by atoms with Crippen molar-refractivity contribution in [2.24, 2.45) is 0 Å². The smallest absolute Gasteiger partial charge is 0.338 e. The molecule has 0 aliphatic carbocycles. The lowest BCUT2D eigenvalue weighted by Gasteiger charge is -2.09. The van der Waals surface area contributed by atoms with E-state index >= 15 is 0 Å². The molecule has 0 fully saturated rings. The third-order valence-corrected chi connectivity index (χ3v) is 3.29. The minimum atomic E-state index is -0.843. The summed E-state index contributed by atoms with van der Waals surface area (Å²) in [4.78, 5) is 15.2. The molecule has 0 amide bonds. The largest absolute Gasteiger partial charge is 0.465 e. The maximum atomic E-state index is 13.5. The van der Waals surface area contributed by atoms with Gasteiger partial charge in [0, 0.05) is 16.7 Å². The topological polar surface area (TPSA) is 39.2 Å². The van der Waals surface area contributed by atoms with Crippen LogP contribution >= 0.6 is 34.8 Å². The molecule has 0 unspecified atom stereocenters. The highest BCUT2D eigenvalue weighted by molar-refractivity contribution is 6.41. The molecule has 0 spiro atoms. The third-order valence-electron chi connectivity index (χ3n) is 2.48. The molecule has 104 valence electrons. The van der Waals surface area contributed by atoms with Gasteiger partial charge < -0.3 is 4.74 Å². The zero-order valence-electron chi connectivity index (χ0n) is 10.1. The highest BCUT2D eigenvalue weighted by Gasteiger charge is 2.16. The van der Waals surface area contributed by atoms with Crippen LogP contribution < -0.4 is 0 Å². The highest BCUT2D eigenvalue weighted by Crippen LogP contribution is 2.36. The summed E-state index contributed by atoms with van der Waals surface area (Å²) in [6.45, 7) is 0. The maximum absolute atomic E-state index is 13.5. The molecule has 0 aliphatic rings. The van der Waals surface area contributed by atoms with E-state index < -0.39 is 11.9 Å². The van der Waals surface area contributed by atoms with Crippen LogP contribution in [0.2, 0.25) is 15.1 Å². The number of carbonyl (C=O) groups is 1. The Morgan fingerprint density at radius 2 is 1.75 bits per heavy atom. The maximum Gasteiger partial charge on any atom is 0.338 e. The van der Waals surface area contributed by atoms with Crippen LogP contribution in [0.4, 0.5) is 4.39 Å². The Morgan fingerprint density at radius 3 is 2.30 bits per heavy atom. The number of benzene rings is 1. The van der Waals surface area contributed by atoms with Gasteiger partial charge in [0.25, 0.3) is 0 Å². The van der Waals surface area contributed by atoms with Crippen LogP contribution in [-0.4, -0.2) is 18.1 Å². The second kappa shape index (κ2) is 5.95. The van der Waals surface area contributed by atoms with Crippen LogP contribution in [0, 0.1) is 5.95 Å². The summed E-state index contributed by atoms with van der Waals surface area (Å²) in [5.41, 5.74) is 0.427. The predicted octanol–water partition coefficient (Wildman–Crippen LogP) is 4.63. The fourth-order valence-electron chi connectivity index (χ4n) is 1.65. The van der Waals surface area contributed by atoms with Gasteiger partial charge in [-0.15, -0.1) is 0 Å². The van der Waals surface area contributed by atoms with Crippen LogP contribution in [-0.2, 0) is 4.74 Å². The fraction of sp³-hybridized carbons (Fsp3) is 0.0769. The summed E-state index contributed by atoms with van der Waals surface area (Å²) in [6.07, 6.45) is 0. The molecule has 1 aromatic carbocycles. The number of rotatable bonds is 2. The van der Waals surface area contributed by atoms with Gasteiger partial charge in [-0.05, 0) is 18.2 Å². The molecule has 3 nitrogen and oxygen atoms in total. The van der Waals surface area contributed by atoms with Gasteiger partial charge in [-0.25, -0.2) is 9.78 Å². The Morgan fingerprint density at radius 1 is 1.15 bits per heavy atom. The Hall–Kier alpha value is -1.36. The summed E-state index contributed by atoms with van der Waals surface area (Å²) in [6, 6.07) is 5.21. The van der Waals surface area contributed by atoms with E-state index in [2.05, 4.69) is 9.72 Å². The molecule has 0 N–H and O–H groups in total. The van der Waals surface area contributed by atoms with Crippen molar-refractivity contribution in [3.05, 3.63) is 50.8 Å². The van der Waals surface area contributed by atoms with Gasteiger partial charge in [0.2, 0.25) is 5.95 Å². The predicted molar refractivity (Wildman–Crippen MR) is 76.0 cm³/mol. The second-order valence-electron chi connectivity index (χ2n) is 3.80. The normalized spacial score (nSPS) is 10.4. The summed E-state index contributed by atoms with van der Waals surface area (Å²) in [7, 11) is 1.20. The van der Waals surface area contributed by atoms with Crippen molar-refractivity contribution in [2.45, 2.75) is 0 Å². The molecule has 0 saturated carbocycles. The first-order valence-electron chi connectivity index (χ1n) is 5.33.